The Kier molecular flexibility index (Phi) is 4.17. The maximum atomic E-state index is 12.1. The molecule has 4 rings (SSSR count). The minimum atomic E-state index is -0.544. The van der Waals surface area contributed by atoms with E-state index in [9.17, 15) is 4.79 Å². The van der Waals surface area contributed by atoms with Gasteiger partial charge in [0, 0.05) is 5.56 Å². The molecule has 4 aromatic rings. The van der Waals surface area contributed by atoms with E-state index in [-0.39, 0.29) is 5.89 Å². The molecule has 2 heterocycles. The van der Waals surface area contributed by atoms with E-state index >= 15 is 0 Å². The molecule has 0 atom stereocenters. The number of nitrogens with zero attached hydrogens (tertiary/aromatic N) is 4. The lowest BCUT2D eigenvalue weighted by Crippen LogP contribution is -2.18. The van der Waals surface area contributed by atoms with Gasteiger partial charge < -0.3 is 4.42 Å². The smallest absolute Gasteiger partial charge is 0.327 e. The predicted molar refractivity (Wildman–Crippen MR) is 96.5 cm³/mol. The van der Waals surface area contributed by atoms with Crippen molar-refractivity contribution in [1.29, 1.82) is 0 Å². The fraction of sp³-hybridized carbons (Fsp3) is 0. The third kappa shape index (κ3) is 3.32. The molecule has 126 valence electrons. The summed E-state index contributed by atoms with van der Waals surface area (Å²) < 4.78 is 5.47. The average Bonchev–Trinajstić information content (AvgIpc) is 3.19. The standard InChI is InChI=1S/C19H13N5O2/c25-18(19-21-12-17(26-19)13-6-2-1-3-7-13)24-22-11-14-10-20-15-8-4-5-9-16(15)23-14/h1-12H,(H,24,25)/b22-11+. The molecule has 26 heavy (non-hydrogen) atoms. The fourth-order valence-corrected chi connectivity index (χ4v) is 2.35. The molecule has 0 saturated heterocycles. The van der Waals surface area contributed by atoms with Gasteiger partial charge in [0.2, 0.25) is 0 Å². The number of aromatic nitrogens is 3. The van der Waals surface area contributed by atoms with Crippen LogP contribution >= 0.6 is 0 Å². The fourth-order valence-electron chi connectivity index (χ4n) is 2.35. The highest BCUT2D eigenvalue weighted by atomic mass is 16.4. The first-order valence-corrected chi connectivity index (χ1v) is 7.86. The lowest BCUT2D eigenvalue weighted by atomic mass is 10.2. The summed E-state index contributed by atoms with van der Waals surface area (Å²) in [5, 5.41) is 3.88. The summed E-state index contributed by atoms with van der Waals surface area (Å²) in [7, 11) is 0. The molecule has 0 aliphatic rings. The van der Waals surface area contributed by atoms with Crippen molar-refractivity contribution in [2.75, 3.05) is 0 Å². The Bertz CT molecular complexity index is 1090. The molecule has 0 aliphatic carbocycles. The van der Waals surface area contributed by atoms with Gasteiger partial charge >= 0.3 is 5.91 Å². The first-order chi connectivity index (χ1) is 12.8. The Balaban J connectivity index is 1.44. The van der Waals surface area contributed by atoms with Gasteiger partial charge in [0.05, 0.1) is 29.6 Å². The molecule has 0 aliphatic heterocycles. The quantitative estimate of drug-likeness (QED) is 0.454. The van der Waals surface area contributed by atoms with Crippen LogP contribution in [0.5, 0.6) is 0 Å². The molecule has 1 amide bonds. The molecule has 7 nitrogen and oxygen atoms in total. The number of oxazole rings is 1. The van der Waals surface area contributed by atoms with E-state index in [2.05, 4.69) is 25.5 Å². The molecule has 0 radical (unpaired) electrons. The summed E-state index contributed by atoms with van der Waals surface area (Å²) in [6.07, 6.45) is 4.50. The number of hydrogen-bond acceptors (Lipinski definition) is 6. The molecular weight excluding hydrogens is 330 g/mol. The number of carbonyl (C=O) groups excluding carboxylic acids is 1. The van der Waals surface area contributed by atoms with Gasteiger partial charge in [-0.15, -0.1) is 0 Å². The Morgan fingerprint density at radius 3 is 2.58 bits per heavy atom. The number of amides is 1. The second kappa shape index (κ2) is 6.94. The Morgan fingerprint density at radius 1 is 0.962 bits per heavy atom. The maximum Gasteiger partial charge on any atom is 0.327 e. The number of para-hydroxylation sites is 2. The number of nitrogens with one attached hydrogen (secondary N) is 1. The van der Waals surface area contributed by atoms with Crippen LogP contribution in [0, 0.1) is 0 Å². The van der Waals surface area contributed by atoms with Gasteiger partial charge in [0.1, 0.15) is 5.69 Å². The van der Waals surface area contributed by atoms with Crippen molar-refractivity contribution in [2.45, 2.75) is 0 Å². The Hall–Kier alpha value is -3.87. The van der Waals surface area contributed by atoms with E-state index in [1.54, 1.807) is 6.20 Å². The van der Waals surface area contributed by atoms with Crippen molar-refractivity contribution in [1.82, 2.24) is 20.4 Å². The summed E-state index contributed by atoms with van der Waals surface area (Å²) in [6, 6.07) is 16.9. The van der Waals surface area contributed by atoms with Gasteiger partial charge in [-0.05, 0) is 12.1 Å². The van der Waals surface area contributed by atoms with Crippen molar-refractivity contribution in [2.24, 2.45) is 5.10 Å². The van der Waals surface area contributed by atoms with Crippen molar-refractivity contribution in [3.8, 4) is 11.3 Å². The minimum absolute atomic E-state index is 0.0643. The van der Waals surface area contributed by atoms with E-state index in [4.69, 9.17) is 4.42 Å². The molecule has 0 unspecified atom stereocenters. The number of hydrazone groups is 1. The molecular formula is C19H13N5O2. The van der Waals surface area contributed by atoms with E-state index in [0.717, 1.165) is 16.6 Å². The van der Waals surface area contributed by atoms with E-state index in [1.807, 2.05) is 54.6 Å². The summed E-state index contributed by atoms with van der Waals surface area (Å²) in [5.74, 6) is -0.0945. The predicted octanol–water partition coefficient (Wildman–Crippen LogP) is 3.05. The van der Waals surface area contributed by atoms with Crippen LogP contribution in [0.2, 0.25) is 0 Å². The summed E-state index contributed by atoms with van der Waals surface area (Å²) >= 11 is 0. The molecule has 1 N–H and O–H groups in total. The van der Waals surface area contributed by atoms with Gasteiger partial charge in [-0.1, -0.05) is 42.5 Å². The van der Waals surface area contributed by atoms with Crippen molar-refractivity contribution >= 4 is 23.2 Å². The summed E-state index contributed by atoms with van der Waals surface area (Å²) in [4.78, 5) is 24.7. The number of hydrogen-bond donors (Lipinski definition) is 1. The zero-order chi connectivity index (χ0) is 17.8. The Labute approximate surface area is 148 Å². The maximum absolute atomic E-state index is 12.1. The van der Waals surface area contributed by atoms with Crippen LogP contribution in [0.15, 0.2) is 76.5 Å². The molecule has 0 bridgehead atoms. The monoisotopic (exact) mass is 343 g/mol. The van der Waals surface area contributed by atoms with Crippen LogP contribution in [-0.4, -0.2) is 27.1 Å². The molecule has 0 spiro atoms. The molecule has 0 fully saturated rings. The van der Waals surface area contributed by atoms with Crippen LogP contribution in [0.3, 0.4) is 0 Å². The lowest BCUT2D eigenvalue weighted by molar-refractivity contribution is 0.0921. The highest BCUT2D eigenvalue weighted by Gasteiger charge is 2.13. The largest absolute Gasteiger partial charge is 0.432 e. The first kappa shape index (κ1) is 15.6. The van der Waals surface area contributed by atoms with Crippen LogP contribution in [0.4, 0.5) is 0 Å². The van der Waals surface area contributed by atoms with E-state index in [1.165, 1.54) is 12.4 Å². The van der Waals surface area contributed by atoms with Gasteiger partial charge in [-0.25, -0.2) is 15.4 Å². The number of carbonyl (C=O) groups is 1. The third-order valence-corrected chi connectivity index (χ3v) is 3.59. The van der Waals surface area contributed by atoms with Crippen LogP contribution in [0.1, 0.15) is 16.4 Å². The van der Waals surface area contributed by atoms with E-state index < -0.39 is 5.91 Å². The molecule has 0 saturated carbocycles. The zero-order valence-corrected chi connectivity index (χ0v) is 13.5. The van der Waals surface area contributed by atoms with Crippen LogP contribution < -0.4 is 5.43 Å². The molecule has 2 aromatic carbocycles. The van der Waals surface area contributed by atoms with E-state index in [0.29, 0.717) is 11.5 Å². The van der Waals surface area contributed by atoms with Crippen molar-refractivity contribution in [3.63, 3.8) is 0 Å². The normalized spacial score (nSPS) is 11.1. The van der Waals surface area contributed by atoms with Gasteiger partial charge in [0.25, 0.3) is 5.89 Å². The highest BCUT2D eigenvalue weighted by Crippen LogP contribution is 2.19. The number of fused-ring (bicyclic) bond motifs is 1. The molecule has 2 aromatic heterocycles. The molecule has 7 heteroatoms. The van der Waals surface area contributed by atoms with Crippen molar-refractivity contribution < 1.29 is 9.21 Å². The highest BCUT2D eigenvalue weighted by molar-refractivity contribution is 5.91. The second-order valence-corrected chi connectivity index (χ2v) is 5.38. The Morgan fingerprint density at radius 2 is 1.73 bits per heavy atom. The van der Waals surface area contributed by atoms with Gasteiger partial charge in [-0.3, -0.25) is 9.78 Å². The SMILES string of the molecule is O=C(N/N=C/c1cnc2ccccc2n1)c1ncc(-c2ccccc2)o1. The van der Waals surface area contributed by atoms with Gasteiger partial charge in [-0.2, -0.15) is 5.10 Å². The first-order valence-electron chi connectivity index (χ1n) is 7.86. The zero-order valence-electron chi connectivity index (χ0n) is 13.5. The average molecular weight is 343 g/mol. The topological polar surface area (TPSA) is 93.3 Å². The summed E-state index contributed by atoms with van der Waals surface area (Å²) in [5.41, 5.74) is 5.28. The third-order valence-electron chi connectivity index (χ3n) is 3.59. The summed E-state index contributed by atoms with van der Waals surface area (Å²) in [6.45, 7) is 0. The number of benzene rings is 2. The number of rotatable bonds is 4. The lowest BCUT2D eigenvalue weighted by Gasteiger charge is -1.98. The minimum Gasteiger partial charge on any atom is -0.432 e. The van der Waals surface area contributed by atoms with Gasteiger partial charge in [0.15, 0.2) is 5.76 Å². The van der Waals surface area contributed by atoms with Crippen LogP contribution in [-0.2, 0) is 0 Å². The van der Waals surface area contributed by atoms with Crippen molar-refractivity contribution in [3.05, 3.63) is 78.6 Å². The second-order valence-electron chi connectivity index (χ2n) is 5.38. The van der Waals surface area contributed by atoms with Crippen LogP contribution in [0.25, 0.3) is 22.4 Å².